The maximum atomic E-state index is 5.29. The van der Waals surface area contributed by atoms with Crippen LogP contribution in [-0.4, -0.2) is 9.55 Å². The van der Waals surface area contributed by atoms with Crippen molar-refractivity contribution < 1.29 is 4.40 Å². The zero-order chi connectivity index (χ0) is 27.1. The van der Waals surface area contributed by atoms with Crippen molar-refractivity contribution in [3.8, 4) is 0 Å². The second-order valence-electron chi connectivity index (χ2n) is 15.0. The lowest BCUT2D eigenvalue weighted by molar-refractivity contribution is -0.485. The van der Waals surface area contributed by atoms with Crippen LogP contribution in [0.5, 0.6) is 0 Å². The minimum absolute atomic E-state index is 0.00635. The van der Waals surface area contributed by atoms with Crippen molar-refractivity contribution in [3.63, 3.8) is 0 Å². The fourth-order valence-electron chi connectivity index (χ4n) is 8.98. The van der Waals surface area contributed by atoms with Crippen LogP contribution in [0.4, 0.5) is 0 Å². The van der Waals surface area contributed by atoms with Crippen LogP contribution in [0.1, 0.15) is 123 Å². The zero-order valence-corrected chi connectivity index (χ0v) is 25.3. The van der Waals surface area contributed by atoms with E-state index in [4.69, 9.17) is 4.98 Å². The number of aromatic nitrogens is 3. The van der Waals surface area contributed by atoms with Crippen LogP contribution in [0.3, 0.4) is 0 Å². The summed E-state index contributed by atoms with van der Waals surface area (Å²) < 4.78 is 5.24. The Balaban J connectivity index is 1.97. The molecule has 1 aliphatic heterocycles. The molecule has 0 saturated heterocycles. The Morgan fingerprint density at radius 3 is 2.19 bits per heavy atom. The summed E-state index contributed by atoms with van der Waals surface area (Å²) in [4.78, 5) is 5.29. The number of benzene rings is 2. The van der Waals surface area contributed by atoms with E-state index in [1.807, 2.05) is 0 Å². The zero-order valence-electron chi connectivity index (χ0n) is 25.3. The third-order valence-corrected chi connectivity index (χ3v) is 10.8. The predicted molar refractivity (Wildman–Crippen MR) is 156 cm³/mol. The highest BCUT2D eigenvalue weighted by Crippen LogP contribution is 2.57. The Morgan fingerprint density at radius 2 is 1.59 bits per heavy atom. The minimum atomic E-state index is -0.0573. The van der Waals surface area contributed by atoms with Crippen molar-refractivity contribution in [3.05, 3.63) is 52.3 Å². The molecule has 2 aromatic carbocycles. The molecule has 1 aliphatic carbocycles. The Labute approximate surface area is 223 Å². The van der Waals surface area contributed by atoms with Gasteiger partial charge in [-0.05, 0) is 72.1 Å². The first-order valence-electron chi connectivity index (χ1n) is 14.4. The van der Waals surface area contributed by atoms with Crippen LogP contribution in [0, 0.1) is 6.92 Å². The molecule has 0 fully saturated rings. The lowest BCUT2D eigenvalue weighted by Gasteiger charge is -2.48. The van der Waals surface area contributed by atoms with Crippen molar-refractivity contribution >= 4 is 27.6 Å². The number of hydrogen-bond donors (Lipinski definition) is 0. The van der Waals surface area contributed by atoms with Crippen LogP contribution in [0.25, 0.3) is 27.6 Å². The molecule has 0 spiro atoms. The number of aryl methyl sites for hydroxylation is 1. The van der Waals surface area contributed by atoms with Gasteiger partial charge < -0.3 is 0 Å². The molecule has 0 amide bonds. The monoisotopic (exact) mass is 496 g/mol. The predicted octanol–water partition coefficient (Wildman–Crippen LogP) is 8.30. The van der Waals surface area contributed by atoms with Crippen LogP contribution in [0.15, 0.2) is 24.5 Å². The van der Waals surface area contributed by atoms with Gasteiger partial charge in [-0.1, -0.05) is 81.4 Å². The van der Waals surface area contributed by atoms with E-state index >= 15 is 0 Å². The molecule has 196 valence electrons. The van der Waals surface area contributed by atoms with Crippen molar-refractivity contribution in [2.75, 3.05) is 0 Å². The first kappa shape index (κ1) is 24.9. The summed E-state index contributed by atoms with van der Waals surface area (Å²) in [6.45, 7) is 28.9. The molecular weight excluding hydrogens is 450 g/mol. The normalized spacial score (nSPS) is 26.1. The van der Waals surface area contributed by atoms with E-state index in [0.717, 1.165) is 12.8 Å². The van der Waals surface area contributed by atoms with Gasteiger partial charge in [0.05, 0.1) is 10.9 Å². The van der Waals surface area contributed by atoms with Gasteiger partial charge in [-0.2, -0.15) is 4.40 Å². The second kappa shape index (κ2) is 6.96. The standard InChI is InChI=1S/C34H46N3/c1-13-33(11)21-15-16-22(30(4,5)6)27-24(21)29-36(19-35-27)28-23(37(29)34(33,12)14-2)17-20(3)25-26(28)32(9,10)18-31(25,7)8/h15-17,19H,13-14,18H2,1-12H3/q+1. The molecule has 4 aromatic rings. The van der Waals surface area contributed by atoms with Gasteiger partial charge in [-0.25, -0.2) is 4.57 Å². The Bertz CT molecular complexity index is 1640. The molecule has 0 saturated carbocycles. The van der Waals surface area contributed by atoms with Crippen molar-refractivity contribution in [2.24, 2.45) is 0 Å². The van der Waals surface area contributed by atoms with Gasteiger partial charge in [0.2, 0.25) is 12.0 Å². The fraction of sp³-hybridized carbons (Fsp3) is 0.588. The topological polar surface area (TPSA) is 21.9 Å². The van der Waals surface area contributed by atoms with Gasteiger partial charge in [0.15, 0.2) is 5.52 Å². The molecule has 2 atom stereocenters. The second-order valence-corrected chi connectivity index (χ2v) is 15.0. The van der Waals surface area contributed by atoms with E-state index in [1.165, 1.54) is 56.3 Å². The van der Waals surface area contributed by atoms with E-state index in [-0.39, 0.29) is 27.2 Å². The van der Waals surface area contributed by atoms with E-state index in [1.54, 1.807) is 5.56 Å². The Morgan fingerprint density at radius 1 is 0.946 bits per heavy atom. The lowest BCUT2D eigenvalue weighted by Crippen LogP contribution is -2.51. The SMILES string of the molecule is CCC1(C)c2ccc(C(C)(C)C)c3nc[n+]4c5c6c(c(C)cc5n(c4c23)C1(C)CC)C(C)(C)CC6(C)C. The number of nitrogens with zero attached hydrogens (tertiary/aromatic N) is 3. The summed E-state index contributed by atoms with van der Waals surface area (Å²) in [7, 11) is 0. The van der Waals surface area contributed by atoms with Gasteiger partial charge in [-0.15, -0.1) is 4.98 Å². The highest BCUT2D eigenvalue weighted by Gasteiger charge is 2.55. The molecule has 2 unspecified atom stereocenters. The molecule has 0 radical (unpaired) electrons. The summed E-state index contributed by atoms with van der Waals surface area (Å²) in [6.07, 6.45) is 5.48. The first-order chi connectivity index (χ1) is 17.0. The molecule has 2 aromatic heterocycles. The van der Waals surface area contributed by atoms with Crippen LogP contribution in [0.2, 0.25) is 0 Å². The summed E-state index contributed by atoms with van der Waals surface area (Å²) in [5.41, 5.74) is 12.8. The summed E-state index contributed by atoms with van der Waals surface area (Å²) >= 11 is 0. The quantitative estimate of drug-likeness (QED) is 0.256. The maximum Gasteiger partial charge on any atom is 0.245 e. The molecule has 3 heterocycles. The molecular formula is C34H46N3+. The van der Waals surface area contributed by atoms with Gasteiger partial charge >= 0.3 is 0 Å². The van der Waals surface area contributed by atoms with E-state index in [9.17, 15) is 0 Å². The molecule has 6 rings (SSSR count). The number of hydrogen-bond acceptors (Lipinski definition) is 1. The number of imidazole rings is 1. The highest BCUT2D eigenvalue weighted by molar-refractivity contribution is 6.00. The fourth-order valence-corrected chi connectivity index (χ4v) is 8.98. The average Bonchev–Trinajstić information content (AvgIpc) is 3.23. The molecule has 0 bridgehead atoms. The minimum Gasteiger partial charge on any atom is -0.249 e. The third kappa shape index (κ3) is 2.74. The maximum absolute atomic E-state index is 5.29. The van der Waals surface area contributed by atoms with Crippen LogP contribution < -0.4 is 4.40 Å². The van der Waals surface area contributed by atoms with Gasteiger partial charge in [0, 0.05) is 16.5 Å². The van der Waals surface area contributed by atoms with E-state index in [2.05, 4.69) is 117 Å². The largest absolute Gasteiger partial charge is 0.249 e. The van der Waals surface area contributed by atoms with Gasteiger partial charge in [0.1, 0.15) is 11.0 Å². The van der Waals surface area contributed by atoms with Crippen molar-refractivity contribution in [1.29, 1.82) is 0 Å². The van der Waals surface area contributed by atoms with Gasteiger partial charge in [0.25, 0.3) is 0 Å². The van der Waals surface area contributed by atoms with Crippen molar-refractivity contribution in [2.45, 2.75) is 130 Å². The number of fused-ring (bicyclic) bond motifs is 5. The first-order valence-corrected chi connectivity index (χ1v) is 14.4. The summed E-state index contributed by atoms with van der Waals surface area (Å²) in [5.74, 6) is 0. The number of rotatable bonds is 2. The van der Waals surface area contributed by atoms with Crippen LogP contribution >= 0.6 is 0 Å². The van der Waals surface area contributed by atoms with E-state index in [0.29, 0.717) is 0 Å². The summed E-state index contributed by atoms with van der Waals surface area (Å²) in [6, 6.07) is 7.33. The molecule has 37 heavy (non-hydrogen) atoms. The third-order valence-electron chi connectivity index (χ3n) is 10.8. The average molecular weight is 497 g/mol. The summed E-state index contributed by atoms with van der Waals surface area (Å²) in [5, 5.41) is 1.36. The molecule has 3 nitrogen and oxygen atoms in total. The lowest BCUT2D eigenvalue weighted by atomic mass is 9.61. The smallest absolute Gasteiger partial charge is 0.245 e. The molecule has 0 N–H and O–H groups in total. The van der Waals surface area contributed by atoms with Crippen LogP contribution in [-0.2, 0) is 27.2 Å². The molecule has 3 heteroatoms. The Kier molecular flexibility index (Phi) is 4.68. The Hall–Kier alpha value is -2.42. The van der Waals surface area contributed by atoms with E-state index < -0.39 is 0 Å². The van der Waals surface area contributed by atoms with Crippen molar-refractivity contribution in [1.82, 2.24) is 9.55 Å². The highest BCUT2D eigenvalue weighted by atomic mass is 15.2. The molecule has 2 aliphatic rings. The van der Waals surface area contributed by atoms with Gasteiger partial charge in [-0.3, -0.25) is 0 Å².